The molecule has 0 atom stereocenters. The number of nitrogens with one attached hydrogen (secondary N) is 1. The van der Waals surface area contributed by atoms with E-state index in [1.807, 2.05) is 30.5 Å². The molecule has 1 N–H and O–H groups in total. The Hall–Kier alpha value is -1.73. The maximum absolute atomic E-state index is 5.38. The van der Waals surface area contributed by atoms with Crippen molar-refractivity contribution in [2.24, 2.45) is 0 Å². The van der Waals surface area contributed by atoms with E-state index in [1.54, 1.807) is 17.6 Å². The van der Waals surface area contributed by atoms with Crippen LogP contribution in [0.2, 0.25) is 0 Å². The Kier molecular flexibility index (Phi) is 3.08. The van der Waals surface area contributed by atoms with Crippen LogP contribution < -0.4 is 0 Å². The van der Waals surface area contributed by atoms with Gasteiger partial charge in [-0.15, -0.1) is 11.3 Å². The monoisotopic (exact) mass is 292 g/mol. The third-order valence-electron chi connectivity index (χ3n) is 2.81. The van der Waals surface area contributed by atoms with Crippen molar-refractivity contribution in [2.45, 2.75) is 20.4 Å². The molecule has 0 spiro atoms. The molecule has 0 aliphatic rings. The predicted octanol–water partition coefficient (Wildman–Crippen LogP) is 3.65. The summed E-state index contributed by atoms with van der Waals surface area (Å²) in [7, 11) is 0. The number of aryl methyl sites for hydroxylation is 1. The zero-order chi connectivity index (χ0) is 13.4. The molecule has 19 heavy (non-hydrogen) atoms. The minimum Gasteiger partial charge on any atom is -0.462 e. The van der Waals surface area contributed by atoms with E-state index in [0.29, 0.717) is 4.77 Å². The van der Waals surface area contributed by atoms with Gasteiger partial charge >= 0.3 is 0 Å². The number of aromatic amines is 1. The highest BCUT2D eigenvalue weighted by Crippen LogP contribution is 2.34. The Balaban J connectivity index is 2.13. The van der Waals surface area contributed by atoms with Gasteiger partial charge in [0.25, 0.3) is 0 Å². The molecule has 0 aromatic carbocycles. The predicted molar refractivity (Wildman–Crippen MR) is 76.6 cm³/mol. The van der Waals surface area contributed by atoms with E-state index in [2.05, 4.69) is 15.2 Å². The molecule has 3 aromatic rings. The van der Waals surface area contributed by atoms with Crippen molar-refractivity contribution in [3.8, 4) is 21.5 Å². The first-order valence-corrected chi connectivity index (χ1v) is 7.10. The summed E-state index contributed by atoms with van der Waals surface area (Å²) in [4.78, 5) is 5.55. The number of rotatable bonds is 3. The normalized spacial score (nSPS) is 11.1. The third kappa shape index (κ3) is 2.04. The SMILES string of the molecule is CCn1c(-c2sc(-c3ccco3)nc2C)n[nH]c1=S. The van der Waals surface area contributed by atoms with Crippen LogP contribution in [0.5, 0.6) is 0 Å². The van der Waals surface area contributed by atoms with E-state index >= 15 is 0 Å². The Morgan fingerprint density at radius 1 is 1.53 bits per heavy atom. The molecule has 3 rings (SSSR count). The quantitative estimate of drug-likeness (QED) is 0.748. The molecule has 0 bridgehead atoms. The van der Waals surface area contributed by atoms with Gasteiger partial charge in [-0.2, -0.15) is 5.10 Å². The number of hydrogen-bond donors (Lipinski definition) is 1. The van der Waals surface area contributed by atoms with Gasteiger partial charge in [-0.1, -0.05) is 0 Å². The van der Waals surface area contributed by atoms with Crippen molar-refractivity contribution in [2.75, 3.05) is 0 Å². The molecule has 0 fully saturated rings. The zero-order valence-electron chi connectivity index (χ0n) is 10.5. The Morgan fingerprint density at radius 3 is 3.05 bits per heavy atom. The first-order valence-electron chi connectivity index (χ1n) is 5.87. The van der Waals surface area contributed by atoms with Crippen LogP contribution in [0, 0.1) is 11.7 Å². The Labute approximate surface area is 118 Å². The second-order valence-electron chi connectivity index (χ2n) is 4.01. The molecule has 0 saturated carbocycles. The fourth-order valence-electron chi connectivity index (χ4n) is 1.89. The van der Waals surface area contributed by atoms with Gasteiger partial charge in [-0.05, 0) is 38.2 Å². The van der Waals surface area contributed by atoms with Crippen molar-refractivity contribution in [3.63, 3.8) is 0 Å². The second kappa shape index (κ2) is 4.75. The van der Waals surface area contributed by atoms with Crippen LogP contribution >= 0.6 is 23.6 Å². The molecule has 98 valence electrons. The summed E-state index contributed by atoms with van der Waals surface area (Å²) in [6.07, 6.45) is 1.65. The second-order valence-corrected chi connectivity index (χ2v) is 5.39. The number of furan rings is 1. The summed E-state index contributed by atoms with van der Waals surface area (Å²) < 4.78 is 7.97. The Bertz CT molecular complexity index is 751. The lowest BCUT2D eigenvalue weighted by atomic mass is 10.3. The lowest BCUT2D eigenvalue weighted by Gasteiger charge is -2.00. The van der Waals surface area contributed by atoms with E-state index in [1.165, 1.54) is 0 Å². The molecule has 0 aliphatic heterocycles. The molecule has 0 aliphatic carbocycles. The highest BCUT2D eigenvalue weighted by atomic mass is 32.1. The van der Waals surface area contributed by atoms with Gasteiger partial charge in [-0.25, -0.2) is 4.98 Å². The topological polar surface area (TPSA) is 59.6 Å². The van der Waals surface area contributed by atoms with Gasteiger partial charge in [0.1, 0.15) is 0 Å². The summed E-state index contributed by atoms with van der Waals surface area (Å²) in [5.74, 6) is 1.61. The molecule has 0 unspecified atom stereocenters. The largest absolute Gasteiger partial charge is 0.462 e. The smallest absolute Gasteiger partial charge is 0.195 e. The van der Waals surface area contributed by atoms with Crippen LogP contribution in [0.25, 0.3) is 21.5 Å². The highest BCUT2D eigenvalue weighted by Gasteiger charge is 2.17. The van der Waals surface area contributed by atoms with Gasteiger partial charge < -0.3 is 4.42 Å². The van der Waals surface area contributed by atoms with Crippen molar-refractivity contribution >= 4 is 23.6 Å². The van der Waals surface area contributed by atoms with Gasteiger partial charge in [0.15, 0.2) is 21.4 Å². The van der Waals surface area contributed by atoms with Gasteiger partial charge in [0.2, 0.25) is 0 Å². The summed E-state index contributed by atoms with van der Waals surface area (Å²) in [5, 5.41) is 7.98. The van der Waals surface area contributed by atoms with Crippen molar-refractivity contribution in [3.05, 3.63) is 28.9 Å². The molecule has 0 radical (unpaired) electrons. The lowest BCUT2D eigenvalue weighted by molar-refractivity contribution is 0.581. The van der Waals surface area contributed by atoms with Crippen LogP contribution in [0.4, 0.5) is 0 Å². The summed E-state index contributed by atoms with van der Waals surface area (Å²) in [5.41, 5.74) is 0.931. The van der Waals surface area contributed by atoms with E-state index in [0.717, 1.165) is 33.7 Å². The van der Waals surface area contributed by atoms with Crippen LogP contribution in [0.15, 0.2) is 22.8 Å². The van der Waals surface area contributed by atoms with Gasteiger partial charge in [-0.3, -0.25) is 9.67 Å². The molecule has 5 nitrogen and oxygen atoms in total. The summed E-state index contributed by atoms with van der Waals surface area (Å²) in [6.45, 7) is 4.78. The molecule has 7 heteroatoms. The average Bonchev–Trinajstić information content (AvgIpc) is 3.08. The zero-order valence-corrected chi connectivity index (χ0v) is 12.1. The summed E-state index contributed by atoms with van der Waals surface area (Å²) >= 11 is 6.77. The standard InChI is InChI=1S/C12H12N4OS2/c1-3-16-10(14-15-12(16)18)9-7(2)13-11(19-9)8-5-4-6-17-8/h4-6H,3H2,1-2H3,(H,15,18). The summed E-state index contributed by atoms with van der Waals surface area (Å²) in [6, 6.07) is 3.76. The highest BCUT2D eigenvalue weighted by molar-refractivity contribution is 7.71. The molecule has 3 aromatic heterocycles. The molecule has 0 amide bonds. The first-order chi connectivity index (χ1) is 9.20. The fourth-order valence-corrected chi connectivity index (χ4v) is 3.19. The number of aromatic nitrogens is 4. The maximum Gasteiger partial charge on any atom is 0.195 e. The van der Waals surface area contributed by atoms with Crippen LogP contribution in [0.3, 0.4) is 0 Å². The number of hydrogen-bond acceptors (Lipinski definition) is 5. The number of thiazole rings is 1. The number of H-pyrrole nitrogens is 1. The minimum absolute atomic E-state index is 0.629. The Morgan fingerprint density at radius 2 is 2.37 bits per heavy atom. The van der Waals surface area contributed by atoms with Crippen molar-refractivity contribution < 1.29 is 4.42 Å². The fraction of sp³-hybridized carbons (Fsp3) is 0.250. The maximum atomic E-state index is 5.38. The molecule has 3 heterocycles. The number of nitrogens with zero attached hydrogens (tertiary/aromatic N) is 3. The van der Waals surface area contributed by atoms with Crippen molar-refractivity contribution in [1.29, 1.82) is 0 Å². The van der Waals surface area contributed by atoms with Crippen LogP contribution in [-0.2, 0) is 6.54 Å². The van der Waals surface area contributed by atoms with Crippen molar-refractivity contribution in [1.82, 2.24) is 19.7 Å². The van der Waals surface area contributed by atoms with E-state index in [9.17, 15) is 0 Å². The molecule has 0 saturated heterocycles. The van der Waals surface area contributed by atoms with Crippen LogP contribution in [0.1, 0.15) is 12.6 Å². The molecular formula is C12H12N4OS2. The lowest BCUT2D eigenvalue weighted by Crippen LogP contribution is -1.97. The van der Waals surface area contributed by atoms with E-state index < -0.39 is 0 Å². The minimum atomic E-state index is 0.629. The first kappa shape index (κ1) is 12.3. The van der Waals surface area contributed by atoms with Crippen LogP contribution in [-0.4, -0.2) is 19.7 Å². The average molecular weight is 292 g/mol. The van der Waals surface area contributed by atoms with E-state index in [4.69, 9.17) is 16.6 Å². The van der Waals surface area contributed by atoms with Gasteiger partial charge in [0.05, 0.1) is 16.8 Å². The third-order valence-corrected chi connectivity index (χ3v) is 4.29. The van der Waals surface area contributed by atoms with Gasteiger partial charge in [0, 0.05) is 6.54 Å². The molecular weight excluding hydrogens is 280 g/mol. The van der Waals surface area contributed by atoms with E-state index in [-0.39, 0.29) is 0 Å².